The lowest BCUT2D eigenvalue weighted by Gasteiger charge is -2.24. The summed E-state index contributed by atoms with van der Waals surface area (Å²) in [6.45, 7) is 0.447. The van der Waals surface area contributed by atoms with E-state index in [0.29, 0.717) is 27.8 Å². The number of methoxy groups -OCH3 is 1. The number of nitrogens with zero attached hydrogens (tertiary/aromatic N) is 8. The molecule has 1 amide bonds. The molecule has 2 aliphatic rings. The molecule has 0 aliphatic heterocycles. The maximum absolute atomic E-state index is 15.5. The maximum Gasteiger partial charge on any atom is 0.293 e. The van der Waals surface area contributed by atoms with Gasteiger partial charge < -0.3 is 10.1 Å². The van der Waals surface area contributed by atoms with Crippen LogP contribution in [0, 0.1) is 24.5 Å². The Kier molecular flexibility index (Phi) is 10.7. The average Bonchev–Trinajstić information content (AvgIpc) is 3.76. The number of hydrogen-bond acceptors (Lipinski definition) is 9. The lowest BCUT2D eigenvalue weighted by Crippen LogP contribution is -2.38. The standard InChI is InChI=1S/C43H36ClF6N9O5S/c1-20-5-10-26-39(51-20)53-40(30(15-22-13-23(45)16-24(46)14-22)52-32(60)19-57-37-33(35(54-57)38(47)48)27-17-28(27)43(37,49)50)59(42(26)61)31-12-11-29(44)34-36(31)56(2)55-41(34)58(65(4,62)63)18-21-6-8-25(64-3)9-7-21/h5-14,16,27-28,30,38H,15,17-19H2,1-4H3,(H,52,60)/t27-,28+,30?/m0/s1. The first-order chi connectivity index (χ1) is 30.7. The lowest BCUT2D eigenvalue weighted by molar-refractivity contribution is -0.123. The first kappa shape index (κ1) is 43.8. The van der Waals surface area contributed by atoms with E-state index >= 15 is 8.78 Å². The fourth-order valence-electron chi connectivity index (χ4n) is 8.71. The Labute approximate surface area is 370 Å². The molecule has 1 N–H and O–H groups in total. The third kappa shape index (κ3) is 7.72. The van der Waals surface area contributed by atoms with Crippen molar-refractivity contribution < 1.29 is 44.3 Å². The van der Waals surface area contributed by atoms with Crippen LogP contribution < -0.4 is 19.9 Å². The summed E-state index contributed by atoms with van der Waals surface area (Å²) in [5.74, 6) is -8.47. The van der Waals surface area contributed by atoms with Gasteiger partial charge >= 0.3 is 0 Å². The number of aryl methyl sites for hydroxylation is 2. The molecule has 1 saturated carbocycles. The second-order valence-corrected chi connectivity index (χ2v) is 18.4. The molecule has 0 saturated heterocycles. The highest BCUT2D eigenvalue weighted by molar-refractivity contribution is 7.92. The minimum atomic E-state index is -4.09. The van der Waals surface area contributed by atoms with Gasteiger partial charge in [-0.15, -0.1) is 0 Å². The monoisotopic (exact) mass is 939 g/mol. The Morgan fingerprint density at radius 2 is 1.72 bits per heavy atom. The quantitative estimate of drug-likeness (QED) is 0.117. The van der Waals surface area contributed by atoms with E-state index in [1.54, 1.807) is 37.3 Å². The molecule has 3 aromatic carbocycles. The number of fused-ring (bicyclic) bond motifs is 5. The fraction of sp³-hybridized carbons (Fsp3) is 0.302. The van der Waals surface area contributed by atoms with Gasteiger partial charge in [-0.1, -0.05) is 23.7 Å². The third-order valence-corrected chi connectivity index (χ3v) is 13.0. The molecule has 14 nitrogen and oxygen atoms in total. The van der Waals surface area contributed by atoms with Crippen molar-refractivity contribution in [3.05, 3.63) is 133 Å². The number of amides is 1. The van der Waals surface area contributed by atoms with Gasteiger partial charge in [-0.25, -0.2) is 40.3 Å². The molecule has 1 unspecified atom stereocenters. The molecule has 22 heteroatoms. The van der Waals surface area contributed by atoms with Gasteiger partial charge in [0, 0.05) is 36.7 Å². The molecule has 4 aromatic heterocycles. The van der Waals surface area contributed by atoms with Crippen LogP contribution in [0.25, 0.3) is 27.6 Å². The van der Waals surface area contributed by atoms with E-state index in [-0.39, 0.29) is 68.4 Å². The summed E-state index contributed by atoms with van der Waals surface area (Å²) in [5.41, 5.74) is -1.73. The molecule has 65 heavy (non-hydrogen) atoms. The summed E-state index contributed by atoms with van der Waals surface area (Å²) in [4.78, 5) is 38.3. The Morgan fingerprint density at radius 3 is 2.38 bits per heavy atom. The summed E-state index contributed by atoms with van der Waals surface area (Å²) >= 11 is 6.86. The van der Waals surface area contributed by atoms with E-state index in [1.165, 1.54) is 37.0 Å². The van der Waals surface area contributed by atoms with Crippen LogP contribution in [0.5, 0.6) is 5.75 Å². The van der Waals surface area contributed by atoms with E-state index < -0.39 is 87.7 Å². The van der Waals surface area contributed by atoms with Gasteiger partial charge in [0.1, 0.15) is 41.1 Å². The number of pyridine rings is 1. The van der Waals surface area contributed by atoms with E-state index in [0.717, 1.165) is 27.3 Å². The summed E-state index contributed by atoms with van der Waals surface area (Å²) in [7, 11) is -1.12. The SMILES string of the molecule is COc1ccc(CN(c2nn(C)c3c(-n4c(C(Cc5cc(F)cc(F)c5)NC(=O)Cn5nc(C(F)F)c6c5C(F)(F)[C@@H]5C[C@H]65)nc5nc(C)ccc5c4=O)ccc(Cl)c23)S(C)(=O)=O)cc1. The molecule has 3 atom stereocenters. The van der Waals surface area contributed by atoms with Crippen molar-refractivity contribution in [2.45, 2.75) is 57.2 Å². The van der Waals surface area contributed by atoms with Crippen molar-refractivity contribution in [1.82, 2.24) is 39.4 Å². The number of halogens is 7. The summed E-state index contributed by atoms with van der Waals surface area (Å²) < 4.78 is 125. The number of hydrogen-bond donors (Lipinski definition) is 1. The zero-order valence-electron chi connectivity index (χ0n) is 34.7. The van der Waals surface area contributed by atoms with Crippen molar-refractivity contribution in [2.24, 2.45) is 13.0 Å². The van der Waals surface area contributed by atoms with Crippen LogP contribution in [0.15, 0.2) is 71.5 Å². The second kappa shape index (κ2) is 15.9. The number of nitrogens with one attached hydrogen (secondary N) is 1. The molecule has 0 spiro atoms. The van der Waals surface area contributed by atoms with E-state index in [1.807, 2.05) is 0 Å². The number of rotatable bonds is 13. The van der Waals surface area contributed by atoms with Gasteiger partial charge in [0.15, 0.2) is 11.5 Å². The van der Waals surface area contributed by atoms with Gasteiger partial charge in [-0.2, -0.15) is 19.0 Å². The van der Waals surface area contributed by atoms with Gasteiger partial charge in [-0.05, 0) is 78.9 Å². The first-order valence-electron chi connectivity index (χ1n) is 19.9. The van der Waals surface area contributed by atoms with Crippen molar-refractivity contribution in [3.8, 4) is 11.4 Å². The minimum Gasteiger partial charge on any atom is -0.497 e. The van der Waals surface area contributed by atoms with E-state index in [4.69, 9.17) is 21.3 Å². The first-order valence-corrected chi connectivity index (χ1v) is 22.2. The topological polar surface area (TPSA) is 159 Å². The van der Waals surface area contributed by atoms with Crippen molar-refractivity contribution in [1.29, 1.82) is 0 Å². The number of alkyl halides is 4. The maximum atomic E-state index is 15.5. The highest BCUT2D eigenvalue weighted by atomic mass is 35.5. The highest BCUT2D eigenvalue weighted by Crippen LogP contribution is 2.68. The van der Waals surface area contributed by atoms with Gasteiger partial charge in [0.05, 0.1) is 53.0 Å². The Balaban J connectivity index is 1.22. The van der Waals surface area contributed by atoms with E-state index in [2.05, 4.69) is 20.5 Å². The molecular formula is C43H36ClF6N9O5S. The predicted molar refractivity (Wildman–Crippen MR) is 226 cm³/mol. The lowest BCUT2D eigenvalue weighted by atomic mass is 10.0. The molecule has 0 radical (unpaired) electrons. The van der Waals surface area contributed by atoms with Crippen LogP contribution in [0.4, 0.5) is 32.2 Å². The molecule has 0 bridgehead atoms. The van der Waals surface area contributed by atoms with Crippen LogP contribution in [-0.4, -0.2) is 61.8 Å². The van der Waals surface area contributed by atoms with Crippen molar-refractivity contribution >= 4 is 55.3 Å². The summed E-state index contributed by atoms with van der Waals surface area (Å²) in [5, 5.41) is 11.1. The highest BCUT2D eigenvalue weighted by Gasteiger charge is 2.67. The second-order valence-electron chi connectivity index (χ2n) is 16.1. The van der Waals surface area contributed by atoms with Crippen LogP contribution in [0.3, 0.4) is 0 Å². The molecule has 9 rings (SSSR count). The number of ether oxygens (including phenoxy) is 1. The van der Waals surface area contributed by atoms with Gasteiger partial charge in [-0.3, -0.25) is 23.5 Å². The minimum absolute atomic E-state index is 0.00632. The van der Waals surface area contributed by atoms with Crippen LogP contribution in [-0.2, 0) is 47.3 Å². The number of sulfonamides is 1. The zero-order chi connectivity index (χ0) is 46.4. The molecule has 7 aromatic rings. The van der Waals surface area contributed by atoms with Gasteiger partial charge in [0.2, 0.25) is 15.9 Å². The number of carbonyl (C=O) groups is 1. The predicted octanol–water partition coefficient (Wildman–Crippen LogP) is 7.33. The smallest absolute Gasteiger partial charge is 0.293 e. The average molecular weight is 940 g/mol. The van der Waals surface area contributed by atoms with Crippen molar-refractivity contribution in [2.75, 3.05) is 17.7 Å². The van der Waals surface area contributed by atoms with E-state index in [9.17, 15) is 35.6 Å². The van der Waals surface area contributed by atoms with Gasteiger partial charge in [0.25, 0.3) is 17.9 Å². The molecule has 1 fully saturated rings. The van der Waals surface area contributed by atoms with Crippen LogP contribution >= 0.6 is 11.6 Å². The third-order valence-electron chi connectivity index (χ3n) is 11.6. The molecule has 4 heterocycles. The molecule has 2 aliphatic carbocycles. The number of benzene rings is 3. The van der Waals surface area contributed by atoms with Crippen LogP contribution in [0.2, 0.25) is 5.02 Å². The number of carbonyl (C=O) groups excluding carboxylic acids is 1. The molecular weight excluding hydrogens is 904 g/mol. The molecule has 338 valence electrons. The van der Waals surface area contributed by atoms with Crippen LogP contribution in [0.1, 0.15) is 64.4 Å². The Morgan fingerprint density at radius 1 is 1.02 bits per heavy atom. The zero-order valence-corrected chi connectivity index (χ0v) is 36.2. The largest absolute Gasteiger partial charge is 0.497 e. The summed E-state index contributed by atoms with van der Waals surface area (Å²) in [6, 6.07) is 13.5. The Hall–Kier alpha value is -6.48. The fourth-order valence-corrected chi connectivity index (χ4v) is 9.77. The normalized spacial score (nSPS) is 16.8. The summed E-state index contributed by atoms with van der Waals surface area (Å²) in [6.07, 6.45) is -2.70. The number of anilines is 1. The Bertz CT molecular complexity index is 3250. The number of aromatic nitrogens is 7. The van der Waals surface area contributed by atoms with Crippen molar-refractivity contribution in [3.63, 3.8) is 0 Å².